The Morgan fingerprint density at radius 1 is 1.25 bits per heavy atom. The number of nitrogens with zero attached hydrogens (tertiary/aromatic N) is 1. The number of hydrogen-bond donors (Lipinski definition) is 2. The molecule has 1 saturated heterocycles. The normalized spacial score (nSPS) is 28.0. The summed E-state index contributed by atoms with van der Waals surface area (Å²) in [7, 11) is 0. The van der Waals surface area contributed by atoms with Gasteiger partial charge in [-0.2, -0.15) is 0 Å². The van der Waals surface area contributed by atoms with Crippen molar-refractivity contribution in [3.63, 3.8) is 0 Å². The number of rotatable bonds is 3. The molecule has 20 heavy (non-hydrogen) atoms. The van der Waals surface area contributed by atoms with Gasteiger partial charge in [-0.15, -0.1) is 0 Å². The average molecular weight is 277 g/mol. The topological polar surface area (TPSA) is 43.7 Å². The zero-order chi connectivity index (χ0) is 14.9. The van der Waals surface area contributed by atoms with Gasteiger partial charge in [-0.05, 0) is 23.5 Å². The smallest absolute Gasteiger partial charge is 0.0798 e. The molecule has 0 spiro atoms. The minimum Gasteiger partial charge on any atom is -0.395 e. The van der Waals surface area contributed by atoms with Crippen molar-refractivity contribution in [2.24, 2.45) is 5.41 Å². The largest absolute Gasteiger partial charge is 0.395 e. The Bertz CT molecular complexity index is 453. The number of benzene rings is 1. The summed E-state index contributed by atoms with van der Waals surface area (Å²) >= 11 is 0. The van der Waals surface area contributed by atoms with Gasteiger partial charge in [0.1, 0.15) is 0 Å². The quantitative estimate of drug-likeness (QED) is 0.890. The van der Waals surface area contributed by atoms with Gasteiger partial charge in [-0.25, -0.2) is 0 Å². The van der Waals surface area contributed by atoms with Crippen molar-refractivity contribution in [1.29, 1.82) is 0 Å². The molecule has 2 rings (SSSR count). The van der Waals surface area contributed by atoms with Crippen molar-refractivity contribution in [1.82, 2.24) is 4.90 Å². The van der Waals surface area contributed by atoms with Crippen molar-refractivity contribution in [3.8, 4) is 0 Å². The molecule has 3 heteroatoms. The summed E-state index contributed by atoms with van der Waals surface area (Å²) in [6.45, 7) is 10.4. The lowest BCUT2D eigenvalue weighted by atomic mass is 9.90. The maximum atomic E-state index is 10.6. The summed E-state index contributed by atoms with van der Waals surface area (Å²) in [5.74, 6) is 0.0932. The van der Waals surface area contributed by atoms with Crippen LogP contribution in [0.3, 0.4) is 0 Å². The third kappa shape index (κ3) is 3.22. The SMILES string of the molecule is Cc1ccccc1[C@H]1CN(CC(C)(C)C)[C@H](CO)[C@@H]1O. The Labute approximate surface area is 122 Å². The van der Waals surface area contributed by atoms with Crippen LogP contribution in [-0.2, 0) is 0 Å². The van der Waals surface area contributed by atoms with Gasteiger partial charge in [0.15, 0.2) is 0 Å². The highest BCUT2D eigenvalue weighted by atomic mass is 16.3. The fraction of sp³-hybridized carbons (Fsp3) is 0.647. The van der Waals surface area contributed by atoms with Crippen LogP contribution < -0.4 is 0 Å². The molecule has 0 saturated carbocycles. The van der Waals surface area contributed by atoms with Crippen LogP contribution >= 0.6 is 0 Å². The number of likely N-dealkylation sites (tertiary alicyclic amines) is 1. The van der Waals surface area contributed by atoms with Crippen molar-refractivity contribution in [2.45, 2.75) is 45.8 Å². The Balaban J connectivity index is 2.23. The molecule has 0 radical (unpaired) electrons. The van der Waals surface area contributed by atoms with E-state index in [0.717, 1.165) is 13.1 Å². The van der Waals surface area contributed by atoms with Crippen LogP contribution in [0.2, 0.25) is 0 Å². The van der Waals surface area contributed by atoms with Gasteiger partial charge in [0.2, 0.25) is 0 Å². The summed E-state index contributed by atoms with van der Waals surface area (Å²) in [6, 6.07) is 8.08. The molecule has 1 fully saturated rings. The van der Waals surface area contributed by atoms with Crippen molar-refractivity contribution in [3.05, 3.63) is 35.4 Å². The van der Waals surface area contributed by atoms with E-state index in [0.29, 0.717) is 0 Å². The van der Waals surface area contributed by atoms with Crippen LogP contribution in [0.5, 0.6) is 0 Å². The highest BCUT2D eigenvalue weighted by Gasteiger charge is 2.42. The number of hydrogen-bond acceptors (Lipinski definition) is 3. The van der Waals surface area contributed by atoms with Gasteiger partial charge in [-0.3, -0.25) is 4.90 Å². The van der Waals surface area contributed by atoms with E-state index in [9.17, 15) is 10.2 Å². The van der Waals surface area contributed by atoms with E-state index in [4.69, 9.17) is 0 Å². The van der Waals surface area contributed by atoms with Gasteiger partial charge in [0.05, 0.1) is 18.8 Å². The molecule has 3 atom stereocenters. The zero-order valence-corrected chi connectivity index (χ0v) is 13.0. The molecular weight excluding hydrogens is 250 g/mol. The predicted octanol–water partition coefficient (Wildman–Crippen LogP) is 2.16. The second-order valence-corrected chi connectivity index (χ2v) is 7.19. The van der Waals surface area contributed by atoms with Gasteiger partial charge in [-0.1, -0.05) is 45.0 Å². The second-order valence-electron chi connectivity index (χ2n) is 7.19. The molecule has 1 aromatic rings. The van der Waals surface area contributed by atoms with Crippen LogP contribution in [0.1, 0.15) is 37.8 Å². The first-order chi connectivity index (χ1) is 9.33. The highest BCUT2D eigenvalue weighted by molar-refractivity contribution is 5.32. The Hall–Kier alpha value is -0.900. The lowest BCUT2D eigenvalue weighted by Gasteiger charge is -2.30. The Kier molecular flexibility index (Phi) is 4.52. The van der Waals surface area contributed by atoms with Gasteiger partial charge in [0, 0.05) is 19.0 Å². The lowest BCUT2D eigenvalue weighted by Crippen LogP contribution is -2.42. The van der Waals surface area contributed by atoms with E-state index in [1.807, 2.05) is 12.1 Å². The monoisotopic (exact) mass is 277 g/mol. The molecule has 1 aromatic carbocycles. The fourth-order valence-corrected chi connectivity index (χ4v) is 3.28. The summed E-state index contributed by atoms with van der Waals surface area (Å²) < 4.78 is 0. The zero-order valence-electron chi connectivity index (χ0n) is 13.0. The minimum absolute atomic E-state index is 0.0135. The second kappa shape index (κ2) is 5.84. The van der Waals surface area contributed by atoms with E-state index in [-0.39, 0.29) is 24.0 Å². The van der Waals surface area contributed by atoms with E-state index in [1.54, 1.807) is 0 Å². The average Bonchev–Trinajstić information content (AvgIpc) is 2.64. The predicted molar refractivity (Wildman–Crippen MR) is 81.8 cm³/mol. The van der Waals surface area contributed by atoms with Crippen LogP contribution in [0.4, 0.5) is 0 Å². The molecule has 0 aliphatic carbocycles. The number of aryl methyl sites for hydroxylation is 1. The third-order valence-corrected chi connectivity index (χ3v) is 4.16. The summed E-state index contributed by atoms with van der Waals surface area (Å²) in [5.41, 5.74) is 2.58. The molecule has 1 aliphatic heterocycles. The first kappa shape index (κ1) is 15.5. The molecule has 0 aromatic heterocycles. The molecule has 0 amide bonds. The van der Waals surface area contributed by atoms with E-state index < -0.39 is 6.10 Å². The summed E-state index contributed by atoms with van der Waals surface area (Å²) in [4.78, 5) is 2.24. The summed E-state index contributed by atoms with van der Waals surface area (Å²) in [5, 5.41) is 20.2. The van der Waals surface area contributed by atoms with Crippen molar-refractivity contribution in [2.75, 3.05) is 19.7 Å². The molecule has 112 valence electrons. The first-order valence-electron chi connectivity index (χ1n) is 7.42. The maximum absolute atomic E-state index is 10.6. The van der Waals surface area contributed by atoms with Gasteiger partial charge < -0.3 is 10.2 Å². The lowest BCUT2D eigenvalue weighted by molar-refractivity contribution is 0.0539. The molecule has 1 aliphatic rings. The van der Waals surface area contributed by atoms with E-state index >= 15 is 0 Å². The molecular formula is C17H27NO2. The molecule has 0 bridgehead atoms. The molecule has 1 heterocycles. The molecule has 0 unspecified atom stereocenters. The third-order valence-electron chi connectivity index (χ3n) is 4.16. The molecule has 3 nitrogen and oxygen atoms in total. The van der Waals surface area contributed by atoms with Crippen LogP contribution in [-0.4, -0.2) is 47.0 Å². The highest BCUT2D eigenvalue weighted by Crippen LogP contribution is 2.35. The van der Waals surface area contributed by atoms with Crippen LogP contribution in [0, 0.1) is 12.3 Å². The number of aliphatic hydroxyl groups is 2. The van der Waals surface area contributed by atoms with Crippen molar-refractivity contribution < 1.29 is 10.2 Å². The van der Waals surface area contributed by atoms with Crippen LogP contribution in [0.15, 0.2) is 24.3 Å². The van der Waals surface area contributed by atoms with Gasteiger partial charge in [0.25, 0.3) is 0 Å². The van der Waals surface area contributed by atoms with Crippen molar-refractivity contribution >= 4 is 0 Å². The number of aliphatic hydroxyl groups excluding tert-OH is 2. The molecule has 2 N–H and O–H groups in total. The van der Waals surface area contributed by atoms with E-state index in [2.05, 4.69) is 44.7 Å². The maximum Gasteiger partial charge on any atom is 0.0798 e. The first-order valence-corrected chi connectivity index (χ1v) is 7.42. The standard InChI is InChI=1S/C17H27NO2/c1-12-7-5-6-8-13(12)14-9-18(11-17(2,3)4)15(10-19)16(14)20/h5-8,14-16,19-20H,9-11H2,1-4H3/t14-,15-,16-/m1/s1. The van der Waals surface area contributed by atoms with Crippen LogP contribution in [0.25, 0.3) is 0 Å². The van der Waals surface area contributed by atoms with E-state index in [1.165, 1.54) is 11.1 Å². The Morgan fingerprint density at radius 3 is 2.45 bits per heavy atom. The summed E-state index contributed by atoms with van der Waals surface area (Å²) in [6.07, 6.45) is -0.497. The van der Waals surface area contributed by atoms with Gasteiger partial charge >= 0.3 is 0 Å². The Morgan fingerprint density at radius 2 is 1.90 bits per heavy atom. The minimum atomic E-state index is -0.497. The fourth-order valence-electron chi connectivity index (χ4n) is 3.28.